The number of rotatable bonds is 6. The van der Waals surface area contributed by atoms with E-state index in [4.69, 9.17) is 4.74 Å². The third-order valence-corrected chi connectivity index (χ3v) is 5.60. The zero-order valence-corrected chi connectivity index (χ0v) is 16.4. The number of carbonyl (C=O) groups excluding carboxylic acids is 1. The molecule has 0 atom stereocenters. The normalized spacial score (nSPS) is 15.2. The van der Waals surface area contributed by atoms with E-state index >= 15 is 0 Å². The highest BCUT2D eigenvalue weighted by atomic mass is 32.2. The standard InChI is InChI=1S/C20H21FN2O4S/c1-20(2,12-19(24)27-13-14-6-5-7-15(21)10-14)11-18-22-16-8-3-4-9-17(16)28(25,26)23-18/h3-10H,11-13H2,1-2H3,(H,22,23). The summed E-state index contributed by atoms with van der Waals surface area (Å²) in [6.45, 7) is 3.63. The Hall–Kier alpha value is -2.74. The van der Waals surface area contributed by atoms with E-state index in [1.165, 1.54) is 18.2 Å². The van der Waals surface area contributed by atoms with Crippen molar-refractivity contribution in [2.24, 2.45) is 9.81 Å². The molecule has 0 unspecified atom stereocenters. The van der Waals surface area contributed by atoms with Gasteiger partial charge in [-0.2, -0.15) is 8.42 Å². The minimum absolute atomic E-state index is 0.0202. The lowest BCUT2D eigenvalue weighted by atomic mass is 9.85. The Bertz CT molecular complexity index is 1030. The first-order valence-electron chi connectivity index (χ1n) is 8.75. The van der Waals surface area contributed by atoms with Gasteiger partial charge in [0.25, 0.3) is 10.0 Å². The number of hydrogen-bond donors (Lipinski definition) is 1. The Morgan fingerprint density at radius 2 is 1.93 bits per heavy atom. The van der Waals surface area contributed by atoms with Crippen LogP contribution in [-0.4, -0.2) is 20.2 Å². The minimum Gasteiger partial charge on any atom is -0.461 e. The zero-order chi connectivity index (χ0) is 20.4. The van der Waals surface area contributed by atoms with E-state index in [1.807, 2.05) is 13.8 Å². The van der Waals surface area contributed by atoms with Gasteiger partial charge >= 0.3 is 5.97 Å². The first kappa shape index (κ1) is 20.0. The highest BCUT2D eigenvalue weighted by Gasteiger charge is 2.30. The molecule has 0 saturated carbocycles. The second kappa shape index (κ2) is 7.71. The van der Waals surface area contributed by atoms with Gasteiger partial charge in [-0.05, 0) is 35.2 Å². The predicted octanol–water partition coefficient (Wildman–Crippen LogP) is 3.89. The summed E-state index contributed by atoms with van der Waals surface area (Å²) in [5.41, 5.74) is 0.441. The van der Waals surface area contributed by atoms with Crippen LogP contribution in [0.4, 0.5) is 10.1 Å². The summed E-state index contributed by atoms with van der Waals surface area (Å²) in [5.74, 6) is -0.563. The number of sulfonamides is 1. The molecule has 0 fully saturated rings. The molecule has 2 aromatic rings. The molecule has 8 heteroatoms. The van der Waals surface area contributed by atoms with Crippen molar-refractivity contribution in [3.05, 3.63) is 59.9 Å². The topological polar surface area (TPSA) is 84.8 Å². The third-order valence-electron chi connectivity index (χ3n) is 4.23. The minimum atomic E-state index is -3.77. The molecule has 0 bridgehead atoms. The SMILES string of the molecule is CC(C)(CC(=O)OCc1cccc(F)c1)CC1=NS(=O)(=O)c2ccccc2N1. The summed E-state index contributed by atoms with van der Waals surface area (Å²) < 4.78 is 46.9. The number of fused-ring (bicyclic) bond motifs is 1. The molecule has 2 aromatic carbocycles. The van der Waals surface area contributed by atoms with Crippen molar-refractivity contribution in [2.75, 3.05) is 5.32 Å². The highest BCUT2D eigenvalue weighted by molar-refractivity contribution is 7.90. The van der Waals surface area contributed by atoms with E-state index in [1.54, 1.807) is 30.3 Å². The number of nitrogens with zero attached hydrogens (tertiary/aromatic N) is 1. The molecular formula is C20H21FN2O4S. The first-order valence-corrected chi connectivity index (χ1v) is 10.2. The molecule has 0 aliphatic carbocycles. The lowest BCUT2D eigenvalue weighted by molar-refractivity contribution is -0.147. The predicted molar refractivity (Wildman–Crippen MR) is 104 cm³/mol. The summed E-state index contributed by atoms with van der Waals surface area (Å²) in [6.07, 6.45) is 0.306. The molecule has 28 heavy (non-hydrogen) atoms. The van der Waals surface area contributed by atoms with Crippen LogP contribution >= 0.6 is 0 Å². The molecule has 6 nitrogen and oxygen atoms in total. The van der Waals surface area contributed by atoms with Crippen LogP contribution in [0.15, 0.2) is 57.8 Å². The summed E-state index contributed by atoms with van der Waals surface area (Å²) in [5, 5.41) is 3.02. The molecule has 1 heterocycles. The number of para-hydroxylation sites is 1. The molecule has 148 valence electrons. The van der Waals surface area contributed by atoms with Crippen molar-refractivity contribution in [3.63, 3.8) is 0 Å². The molecule has 0 saturated heterocycles. The first-order chi connectivity index (χ1) is 13.1. The smallest absolute Gasteiger partial charge is 0.306 e. The summed E-state index contributed by atoms with van der Waals surface area (Å²) >= 11 is 0. The fraction of sp³-hybridized carbons (Fsp3) is 0.300. The number of anilines is 1. The molecule has 0 aromatic heterocycles. The van der Waals surface area contributed by atoms with Gasteiger partial charge in [-0.25, -0.2) is 4.39 Å². The Labute approximate surface area is 163 Å². The molecule has 0 spiro atoms. The summed E-state index contributed by atoms with van der Waals surface area (Å²) in [4.78, 5) is 12.3. The Kier molecular flexibility index (Phi) is 5.51. The van der Waals surface area contributed by atoms with E-state index in [9.17, 15) is 17.6 Å². The van der Waals surface area contributed by atoms with Crippen molar-refractivity contribution >= 4 is 27.5 Å². The molecular weight excluding hydrogens is 383 g/mol. The second-order valence-corrected chi connectivity index (χ2v) is 9.02. The van der Waals surface area contributed by atoms with Gasteiger partial charge in [-0.15, -0.1) is 4.40 Å². The fourth-order valence-corrected chi connectivity index (χ4v) is 4.14. The largest absolute Gasteiger partial charge is 0.461 e. The van der Waals surface area contributed by atoms with Gasteiger partial charge in [-0.1, -0.05) is 38.1 Å². The average molecular weight is 404 g/mol. The molecule has 1 N–H and O–H groups in total. The quantitative estimate of drug-likeness (QED) is 0.739. The number of halogens is 1. The Balaban J connectivity index is 1.62. The maximum Gasteiger partial charge on any atom is 0.306 e. The second-order valence-electron chi connectivity index (χ2n) is 7.44. The van der Waals surface area contributed by atoms with Crippen LogP contribution < -0.4 is 5.32 Å². The Morgan fingerprint density at radius 3 is 2.68 bits per heavy atom. The van der Waals surface area contributed by atoms with Crippen LogP contribution in [0.1, 0.15) is 32.3 Å². The van der Waals surface area contributed by atoms with Crippen LogP contribution in [0, 0.1) is 11.2 Å². The van der Waals surface area contributed by atoms with Crippen molar-refractivity contribution < 1.29 is 22.3 Å². The summed E-state index contributed by atoms with van der Waals surface area (Å²) in [7, 11) is -3.77. The molecule has 1 aliphatic heterocycles. The monoisotopic (exact) mass is 404 g/mol. The lowest BCUT2D eigenvalue weighted by Crippen LogP contribution is -2.29. The van der Waals surface area contributed by atoms with E-state index < -0.39 is 27.2 Å². The zero-order valence-electron chi connectivity index (χ0n) is 15.6. The van der Waals surface area contributed by atoms with Crippen LogP contribution in [0.25, 0.3) is 0 Å². The maximum absolute atomic E-state index is 13.2. The molecule has 0 amide bonds. The van der Waals surface area contributed by atoms with Crippen molar-refractivity contribution in [1.29, 1.82) is 0 Å². The van der Waals surface area contributed by atoms with E-state index in [0.717, 1.165) is 0 Å². The van der Waals surface area contributed by atoms with Gasteiger partial charge in [0.05, 0.1) is 12.1 Å². The van der Waals surface area contributed by atoms with Gasteiger partial charge in [0.15, 0.2) is 0 Å². The van der Waals surface area contributed by atoms with Gasteiger partial charge in [0, 0.05) is 6.42 Å². The van der Waals surface area contributed by atoms with Crippen molar-refractivity contribution in [2.45, 2.75) is 38.2 Å². The molecule has 1 aliphatic rings. The van der Waals surface area contributed by atoms with E-state index in [0.29, 0.717) is 11.3 Å². The average Bonchev–Trinajstić information content (AvgIpc) is 2.58. The van der Waals surface area contributed by atoms with Gasteiger partial charge in [0.2, 0.25) is 0 Å². The highest BCUT2D eigenvalue weighted by Crippen LogP contribution is 2.32. The number of hydrogen-bond acceptors (Lipinski definition) is 5. The van der Waals surface area contributed by atoms with Crippen molar-refractivity contribution in [3.8, 4) is 0 Å². The number of carbonyl (C=O) groups is 1. The molecule has 0 radical (unpaired) electrons. The van der Waals surface area contributed by atoms with E-state index in [2.05, 4.69) is 9.71 Å². The van der Waals surface area contributed by atoms with Crippen molar-refractivity contribution in [1.82, 2.24) is 0 Å². The van der Waals surface area contributed by atoms with Gasteiger partial charge in [-0.3, -0.25) is 4.79 Å². The van der Waals surface area contributed by atoms with Crippen LogP contribution in [0.3, 0.4) is 0 Å². The number of esters is 1. The van der Waals surface area contributed by atoms with Gasteiger partial charge < -0.3 is 10.1 Å². The molecule has 3 rings (SSSR count). The Morgan fingerprint density at radius 1 is 1.18 bits per heavy atom. The van der Waals surface area contributed by atoms with Crippen LogP contribution in [-0.2, 0) is 26.2 Å². The van der Waals surface area contributed by atoms with Crippen LogP contribution in [0.5, 0.6) is 0 Å². The lowest BCUT2D eigenvalue weighted by Gasteiger charge is -2.26. The number of ether oxygens (including phenoxy) is 1. The third kappa shape index (κ3) is 4.95. The summed E-state index contributed by atoms with van der Waals surface area (Å²) in [6, 6.07) is 12.4. The number of nitrogens with one attached hydrogen (secondary N) is 1. The number of amidine groups is 1. The van der Waals surface area contributed by atoms with E-state index in [-0.39, 0.29) is 30.2 Å². The fourth-order valence-electron chi connectivity index (χ4n) is 2.99. The van der Waals surface area contributed by atoms with Gasteiger partial charge in [0.1, 0.15) is 23.2 Å². The maximum atomic E-state index is 13.2. The number of benzene rings is 2. The van der Waals surface area contributed by atoms with Crippen LogP contribution in [0.2, 0.25) is 0 Å².